The first kappa shape index (κ1) is 37.2. The van der Waals surface area contributed by atoms with Gasteiger partial charge in [0.2, 0.25) is 0 Å². The van der Waals surface area contributed by atoms with E-state index in [4.69, 9.17) is 24.4 Å². The molecular weight excluding hydrogens is 760 g/mol. The standard InChI is InChI=1S/C22H22NPS.C18H15P.2ClH.Ru/c1-25-22-15-9-8-10-19(22)18-23-16-17-24(20-11-4-2-5-12-20)21-13-6-3-7-14-21;1-4-10-16(11-5-1)19(17-12-6-2-7-13-17)18-14-8-3-9-15-18;;;/h2-15,18H,16-17H2,1H3;1-15H;2*1H;/q;;;;+2. The largest absolute Gasteiger partial charge is 0.102 e. The summed E-state index contributed by atoms with van der Waals surface area (Å²) in [4.78, 5) is 6.01. The first-order valence-corrected chi connectivity index (χ1v) is 24.1. The van der Waals surface area contributed by atoms with E-state index in [1.165, 1.54) is 37.0 Å². The Balaban J connectivity index is 0.000000202. The summed E-state index contributed by atoms with van der Waals surface area (Å²) in [5.74, 6) is 0. The van der Waals surface area contributed by atoms with Gasteiger partial charge >= 0.3 is 34.5 Å². The van der Waals surface area contributed by atoms with Gasteiger partial charge in [0.1, 0.15) is 15.9 Å². The van der Waals surface area contributed by atoms with Crippen molar-refractivity contribution in [2.45, 2.75) is 4.90 Å². The maximum Gasteiger partial charge on any atom is 0.102 e. The molecule has 7 heteroatoms. The molecule has 0 amide bonds. The van der Waals surface area contributed by atoms with Crippen molar-refractivity contribution in [2.75, 3.05) is 19.0 Å². The molecule has 47 heavy (non-hydrogen) atoms. The second-order valence-electron chi connectivity index (χ2n) is 10.3. The van der Waals surface area contributed by atoms with Crippen molar-refractivity contribution >= 4 is 79.7 Å². The summed E-state index contributed by atoms with van der Waals surface area (Å²) >= 11 is 1.42. The molecule has 0 aromatic heterocycles. The van der Waals surface area contributed by atoms with E-state index in [2.05, 4.69) is 182 Å². The van der Waals surface area contributed by atoms with Crippen LogP contribution in [0.1, 0.15) is 5.56 Å². The van der Waals surface area contributed by atoms with Gasteiger partial charge in [-0.05, 0) is 73.0 Å². The maximum absolute atomic E-state index is 4.85. The van der Waals surface area contributed by atoms with Gasteiger partial charge in [-0.2, -0.15) is 0 Å². The first-order valence-electron chi connectivity index (χ1n) is 15.2. The summed E-state index contributed by atoms with van der Waals surface area (Å²) in [6.07, 6.45) is 5.25. The molecule has 0 saturated heterocycles. The van der Waals surface area contributed by atoms with Crippen LogP contribution in [0.5, 0.6) is 0 Å². The molecule has 0 radical (unpaired) electrons. The summed E-state index contributed by atoms with van der Waals surface area (Å²) in [7, 11) is 8.04. The van der Waals surface area contributed by atoms with Crippen molar-refractivity contribution in [1.29, 1.82) is 0 Å². The molecule has 1 nitrogen and oxygen atoms in total. The van der Waals surface area contributed by atoms with Crippen LogP contribution in [0.25, 0.3) is 0 Å². The molecule has 6 aromatic carbocycles. The molecule has 0 spiro atoms. The Morgan fingerprint density at radius 2 is 0.872 bits per heavy atom. The summed E-state index contributed by atoms with van der Waals surface area (Å²) in [5.41, 5.74) is 1.21. The van der Waals surface area contributed by atoms with Crippen LogP contribution in [0.3, 0.4) is 0 Å². The topological polar surface area (TPSA) is 12.4 Å². The predicted octanol–water partition coefficient (Wildman–Crippen LogP) is 9.25. The second kappa shape index (κ2) is 22.1. The normalized spacial score (nSPS) is 10.7. The maximum atomic E-state index is 4.85. The van der Waals surface area contributed by atoms with Gasteiger partial charge < -0.3 is 0 Å². The van der Waals surface area contributed by atoms with Crippen molar-refractivity contribution in [1.82, 2.24) is 0 Å². The minimum atomic E-state index is -0.877. The average molecular weight is 800 g/mol. The van der Waals surface area contributed by atoms with E-state index in [0.717, 1.165) is 12.7 Å². The van der Waals surface area contributed by atoms with Gasteiger partial charge in [0.25, 0.3) is 0 Å². The zero-order chi connectivity index (χ0) is 32.9. The molecule has 0 bridgehead atoms. The van der Waals surface area contributed by atoms with Crippen molar-refractivity contribution in [3.63, 3.8) is 0 Å². The van der Waals surface area contributed by atoms with Gasteiger partial charge in [-0.15, -0.1) is 11.8 Å². The predicted molar refractivity (Wildman–Crippen MR) is 214 cm³/mol. The fourth-order valence-corrected chi connectivity index (χ4v) is 10.8. The fraction of sp³-hybridized carbons (Fsp3) is 0.0750. The number of thioether (sulfide) groups is 1. The number of nitrogens with zero attached hydrogens (tertiary/aromatic N) is 1. The van der Waals surface area contributed by atoms with Crippen molar-refractivity contribution in [3.8, 4) is 0 Å². The Labute approximate surface area is 303 Å². The van der Waals surface area contributed by atoms with Crippen LogP contribution in [-0.4, -0.2) is 25.2 Å². The van der Waals surface area contributed by atoms with E-state index in [1.54, 1.807) is 11.8 Å². The molecule has 0 aliphatic carbocycles. The summed E-state index contributed by atoms with van der Waals surface area (Å²) in [6.45, 7) is 0.862. The van der Waals surface area contributed by atoms with Crippen molar-refractivity contribution in [3.05, 3.63) is 181 Å². The van der Waals surface area contributed by atoms with Gasteiger partial charge in [-0.1, -0.05) is 109 Å². The number of halogens is 2. The number of hydrogen-bond acceptors (Lipinski definition) is 2. The number of rotatable bonds is 10. The average Bonchev–Trinajstić information content (AvgIpc) is 3.15. The van der Waals surface area contributed by atoms with E-state index < -0.39 is 15.8 Å². The van der Waals surface area contributed by atoms with Crippen LogP contribution < -0.4 is 26.5 Å². The Hall–Kier alpha value is -2.60. The Kier molecular flexibility index (Phi) is 17.5. The van der Waals surface area contributed by atoms with Gasteiger partial charge in [0.15, 0.2) is 0 Å². The SMILES string of the molecule is CSc1ccccc1C=NCC[PH+](c1ccccc1)c1ccccc1.[Cl][Ru][Cl].c1ccc([PH+](c2ccccc2)c2ccccc2)cc1. The van der Waals surface area contributed by atoms with Crippen LogP contribution in [-0.2, 0) is 15.1 Å². The third-order valence-corrected chi connectivity index (χ3v) is 13.6. The molecule has 0 saturated carbocycles. The summed E-state index contributed by atoms with van der Waals surface area (Å²) in [5, 5.41) is 7.22. The molecule has 6 rings (SSSR count). The Morgan fingerprint density at radius 3 is 1.26 bits per heavy atom. The molecular formula is C40H39Cl2NP2RuS+2. The van der Waals surface area contributed by atoms with E-state index in [0.29, 0.717) is 0 Å². The molecule has 0 aliphatic rings. The number of aliphatic imine (C=N–C) groups is 1. The number of benzene rings is 6. The van der Waals surface area contributed by atoms with E-state index in [9.17, 15) is 0 Å². The summed E-state index contributed by atoms with van der Waals surface area (Å²) in [6, 6.07) is 62.7. The summed E-state index contributed by atoms with van der Waals surface area (Å²) < 4.78 is 0. The van der Waals surface area contributed by atoms with Crippen molar-refractivity contribution in [2.24, 2.45) is 4.99 Å². The van der Waals surface area contributed by atoms with Crippen LogP contribution in [0, 0.1) is 0 Å². The monoisotopic (exact) mass is 799 g/mol. The van der Waals surface area contributed by atoms with E-state index in [-0.39, 0.29) is 15.1 Å². The van der Waals surface area contributed by atoms with Crippen molar-refractivity contribution < 1.29 is 15.1 Å². The van der Waals surface area contributed by atoms with Crippen LogP contribution in [0.15, 0.2) is 186 Å². The van der Waals surface area contributed by atoms with Crippen LogP contribution in [0.2, 0.25) is 0 Å². The molecule has 0 N–H and O–H groups in total. The fourth-order valence-electron chi connectivity index (χ4n) is 5.16. The Bertz CT molecular complexity index is 1580. The van der Waals surface area contributed by atoms with E-state index >= 15 is 0 Å². The third kappa shape index (κ3) is 12.4. The molecule has 240 valence electrons. The number of hydrogen-bond donors (Lipinski definition) is 0. The first-order chi connectivity index (χ1) is 23.2. The van der Waals surface area contributed by atoms with Crippen LogP contribution >= 0.6 is 47.0 Å². The molecule has 6 aromatic rings. The van der Waals surface area contributed by atoms with Gasteiger partial charge in [-0.3, -0.25) is 4.99 Å². The Morgan fingerprint density at radius 1 is 0.532 bits per heavy atom. The second-order valence-corrected chi connectivity index (χ2v) is 18.8. The molecule has 0 heterocycles. The third-order valence-electron chi connectivity index (χ3n) is 7.29. The van der Waals surface area contributed by atoms with Crippen LogP contribution in [0.4, 0.5) is 0 Å². The van der Waals surface area contributed by atoms with Gasteiger partial charge in [0.05, 0.1) is 39.2 Å². The minimum Gasteiger partial charge on any atom is -0.0620 e. The van der Waals surface area contributed by atoms with Gasteiger partial charge in [-0.25, -0.2) is 0 Å². The minimum absolute atomic E-state index is 0.346. The molecule has 0 aliphatic heterocycles. The smallest absolute Gasteiger partial charge is 0.0620 e. The zero-order valence-corrected chi connectivity index (χ0v) is 32.3. The molecule has 0 fully saturated rings. The molecule has 0 atom stereocenters. The quantitative estimate of drug-likeness (QED) is 0.0583. The van der Waals surface area contributed by atoms with E-state index in [1.807, 2.05) is 6.21 Å². The zero-order valence-electron chi connectivity index (χ0n) is 26.2. The molecule has 0 unspecified atom stereocenters. The van der Waals surface area contributed by atoms with Gasteiger partial charge in [0, 0.05) is 16.7 Å².